The smallest absolute Gasteiger partial charge is 0.256 e. The number of rotatable bonds is 7. The van der Waals surface area contributed by atoms with Gasteiger partial charge in [-0.15, -0.1) is 0 Å². The number of aliphatic hydroxyl groups excluding tert-OH is 1. The quantitative estimate of drug-likeness (QED) is 0.485. The lowest BCUT2D eigenvalue weighted by atomic mass is 9.94. The molecule has 7 nitrogen and oxygen atoms in total. The van der Waals surface area contributed by atoms with Crippen molar-refractivity contribution in [3.05, 3.63) is 95.6 Å². The number of fused-ring (bicyclic) bond motifs is 3. The normalized spacial score (nSPS) is 19.3. The van der Waals surface area contributed by atoms with E-state index in [0.29, 0.717) is 25.3 Å². The molecule has 0 aliphatic carbocycles. The van der Waals surface area contributed by atoms with Crippen LogP contribution in [0.25, 0.3) is 11.1 Å². The molecule has 7 heteroatoms. The molecule has 4 rings (SSSR count). The van der Waals surface area contributed by atoms with E-state index in [1.807, 2.05) is 92.7 Å². The standard InChI is InChI=1S/C32H38N2O5/c1-22-18-34(23(2)20-35)31(36)28-17-11-10-16-27(28)26-15-9-8-14-25(26)21-39-29(22)19-33(3)32(37)30(38-4)24-12-6-5-7-13-24/h5-17,22-23,29-30,35H,18-21H2,1-4H3/t22-,23-,29-,30+/m0/s1. The number of carbonyl (C=O) groups excluding carboxylic acids is 2. The van der Waals surface area contributed by atoms with Crippen molar-refractivity contribution in [3.8, 4) is 11.1 Å². The number of likely N-dealkylation sites (N-methyl/N-ethyl adjacent to an activating group) is 1. The van der Waals surface area contributed by atoms with Crippen LogP contribution in [0.4, 0.5) is 0 Å². The molecule has 1 N–H and O–H groups in total. The molecule has 2 amide bonds. The van der Waals surface area contributed by atoms with Gasteiger partial charge in [-0.05, 0) is 35.2 Å². The minimum atomic E-state index is -0.725. The lowest BCUT2D eigenvalue weighted by Gasteiger charge is -2.35. The van der Waals surface area contributed by atoms with Crippen LogP contribution in [-0.4, -0.2) is 72.7 Å². The molecule has 206 valence electrons. The third kappa shape index (κ3) is 6.38. The van der Waals surface area contributed by atoms with Crippen molar-refractivity contribution in [1.29, 1.82) is 0 Å². The predicted molar refractivity (Wildman–Crippen MR) is 151 cm³/mol. The SMILES string of the molecule is CO[C@@H](C(=O)N(C)C[C@@H]1OCc2ccccc2-c2ccccc2C(=O)N([C@@H](C)CO)C[C@@H]1C)c1ccccc1. The monoisotopic (exact) mass is 530 g/mol. The number of carbonyl (C=O) groups is 2. The van der Waals surface area contributed by atoms with Crippen molar-refractivity contribution in [2.45, 2.75) is 38.7 Å². The van der Waals surface area contributed by atoms with Crippen molar-refractivity contribution in [2.75, 3.05) is 33.9 Å². The molecule has 0 fully saturated rings. The van der Waals surface area contributed by atoms with Crippen LogP contribution in [0.2, 0.25) is 0 Å². The topological polar surface area (TPSA) is 79.3 Å². The molecule has 0 spiro atoms. The Kier molecular flexibility index (Phi) is 9.51. The molecule has 1 aliphatic rings. The summed E-state index contributed by atoms with van der Waals surface area (Å²) in [6.07, 6.45) is -1.10. The Morgan fingerprint density at radius 3 is 2.31 bits per heavy atom. The summed E-state index contributed by atoms with van der Waals surface area (Å²) < 4.78 is 12.1. The van der Waals surface area contributed by atoms with E-state index in [9.17, 15) is 14.7 Å². The number of hydrogen-bond donors (Lipinski definition) is 1. The molecule has 3 aromatic carbocycles. The first-order chi connectivity index (χ1) is 18.8. The Labute approximate surface area is 231 Å². The van der Waals surface area contributed by atoms with Gasteiger partial charge in [-0.3, -0.25) is 9.59 Å². The second-order valence-corrected chi connectivity index (χ2v) is 10.3. The maximum atomic E-state index is 13.9. The number of methoxy groups -OCH3 is 1. The fraction of sp³-hybridized carbons (Fsp3) is 0.375. The number of aliphatic hydroxyl groups is 1. The fourth-order valence-corrected chi connectivity index (χ4v) is 5.12. The summed E-state index contributed by atoms with van der Waals surface area (Å²) in [4.78, 5) is 30.8. The van der Waals surface area contributed by atoms with Crippen LogP contribution in [-0.2, 0) is 20.9 Å². The van der Waals surface area contributed by atoms with Gasteiger partial charge < -0.3 is 24.4 Å². The van der Waals surface area contributed by atoms with E-state index < -0.39 is 6.10 Å². The molecule has 0 radical (unpaired) electrons. The zero-order chi connectivity index (χ0) is 27.9. The average molecular weight is 531 g/mol. The van der Waals surface area contributed by atoms with E-state index in [2.05, 4.69) is 0 Å². The Morgan fingerprint density at radius 1 is 1.03 bits per heavy atom. The van der Waals surface area contributed by atoms with Crippen molar-refractivity contribution in [1.82, 2.24) is 9.80 Å². The van der Waals surface area contributed by atoms with Crippen LogP contribution in [0, 0.1) is 5.92 Å². The van der Waals surface area contributed by atoms with Crippen LogP contribution in [0.15, 0.2) is 78.9 Å². The van der Waals surface area contributed by atoms with Gasteiger partial charge >= 0.3 is 0 Å². The Balaban J connectivity index is 1.68. The second kappa shape index (κ2) is 13.0. The summed E-state index contributed by atoms with van der Waals surface area (Å²) in [5, 5.41) is 10.0. The van der Waals surface area contributed by atoms with Crippen LogP contribution in [0.3, 0.4) is 0 Å². The van der Waals surface area contributed by atoms with Gasteiger partial charge in [-0.2, -0.15) is 0 Å². The van der Waals surface area contributed by atoms with Gasteiger partial charge in [-0.1, -0.05) is 79.7 Å². The van der Waals surface area contributed by atoms with Crippen molar-refractivity contribution in [3.63, 3.8) is 0 Å². The Morgan fingerprint density at radius 2 is 1.64 bits per heavy atom. The van der Waals surface area contributed by atoms with Crippen LogP contribution < -0.4 is 0 Å². The Bertz CT molecular complexity index is 1260. The molecule has 0 unspecified atom stereocenters. The summed E-state index contributed by atoms with van der Waals surface area (Å²) >= 11 is 0. The molecule has 3 aromatic rings. The molecule has 1 heterocycles. The minimum Gasteiger partial charge on any atom is -0.394 e. The molecule has 0 bridgehead atoms. The number of benzene rings is 3. The van der Waals surface area contributed by atoms with Crippen LogP contribution in [0.5, 0.6) is 0 Å². The third-order valence-electron chi connectivity index (χ3n) is 7.49. The molecule has 1 aliphatic heterocycles. The van der Waals surface area contributed by atoms with Crippen LogP contribution >= 0.6 is 0 Å². The van der Waals surface area contributed by atoms with Gasteiger partial charge in [0.15, 0.2) is 6.10 Å². The number of ether oxygens (including phenoxy) is 2. The maximum absolute atomic E-state index is 13.9. The summed E-state index contributed by atoms with van der Waals surface area (Å²) in [7, 11) is 3.28. The lowest BCUT2D eigenvalue weighted by Crippen LogP contribution is -2.48. The van der Waals surface area contributed by atoms with Crippen molar-refractivity contribution < 1.29 is 24.2 Å². The van der Waals surface area contributed by atoms with E-state index in [1.54, 1.807) is 16.8 Å². The van der Waals surface area contributed by atoms with Crippen molar-refractivity contribution >= 4 is 11.8 Å². The number of nitrogens with zero attached hydrogens (tertiary/aromatic N) is 2. The largest absolute Gasteiger partial charge is 0.394 e. The van der Waals surface area contributed by atoms with Crippen molar-refractivity contribution in [2.24, 2.45) is 5.92 Å². The van der Waals surface area contributed by atoms with Gasteiger partial charge in [0.05, 0.1) is 25.4 Å². The molecule has 39 heavy (non-hydrogen) atoms. The summed E-state index contributed by atoms with van der Waals surface area (Å²) in [6, 6.07) is 24.5. The zero-order valence-electron chi connectivity index (χ0n) is 23.1. The fourth-order valence-electron chi connectivity index (χ4n) is 5.12. The average Bonchev–Trinajstić information content (AvgIpc) is 2.99. The highest BCUT2D eigenvalue weighted by molar-refractivity contribution is 6.01. The van der Waals surface area contributed by atoms with Crippen LogP contribution in [0.1, 0.15) is 41.4 Å². The summed E-state index contributed by atoms with van der Waals surface area (Å²) in [5.41, 5.74) is 4.11. The lowest BCUT2D eigenvalue weighted by molar-refractivity contribution is -0.143. The number of amides is 2. The first-order valence-corrected chi connectivity index (χ1v) is 13.4. The van der Waals surface area contributed by atoms with Gasteiger partial charge in [0.1, 0.15) is 0 Å². The van der Waals surface area contributed by atoms with Gasteiger partial charge in [0.2, 0.25) is 0 Å². The first-order valence-electron chi connectivity index (χ1n) is 13.4. The van der Waals surface area contributed by atoms with E-state index in [-0.39, 0.29) is 36.5 Å². The van der Waals surface area contributed by atoms with Gasteiger partial charge in [0.25, 0.3) is 11.8 Å². The zero-order valence-corrected chi connectivity index (χ0v) is 23.1. The molecule has 0 aromatic heterocycles. The summed E-state index contributed by atoms with van der Waals surface area (Å²) in [6.45, 7) is 4.72. The Hall–Kier alpha value is -3.52. The van der Waals surface area contributed by atoms with E-state index in [0.717, 1.165) is 22.3 Å². The van der Waals surface area contributed by atoms with E-state index >= 15 is 0 Å². The number of hydrogen-bond acceptors (Lipinski definition) is 5. The van der Waals surface area contributed by atoms with Gasteiger partial charge in [-0.25, -0.2) is 0 Å². The molecule has 0 saturated carbocycles. The van der Waals surface area contributed by atoms with E-state index in [1.165, 1.54) is 7.11 Å². The maximum Gasteiger partial charge on any atom is 0.256 e. The molecular weight excluding hydrogens is 492 g/mol. The van der Waals surface area contributed by atoms with E-state index in [4.69, 9.17) is 9.47 Å². The molecular formula is C32H38N2O5. The highest BCUT2D eigenvalue weighted by Gasteiger charge is 2.32. The minimum absolute atomic E-state index is 0.131. The predicted octanol–water partition coefficient (Wildman–Crippen LogP) is 4.56. The molecule has 0 saturated heterocycles. The summed E-state index contributed by atoms with van der Waals surface area (Å²) in [5.74, 6) is -0.436. The highest BCUT2D eigenvalue weighted by atomic mass is 16.5. The first kappa shape index (κ1) is 28.5. The second-order valence-electron chi connectivity index (χ2n) is 10.3. The highest BCUT2D eigenvalue weighted by Crippen LogP contribution is 2.31. The third-order valence-corrected chi connectivity index (χ3v) is 7.49. The molecule has 4 atom stereocenters. The van der Waals surface area contributed by atoms with Gasteiger partial charge in [0, 0.05) is 38.7 Å².